The van der Waals surface area contributed by atoms with E-state index in [-0.39, 0.29) is 5.92 Å². The molecule has 28 heavy (non-hydrogen) atoms. The van der Waals surface area contributed by atoms with Crippen molar-refractivity contribution in [3.8, 4) is 0 Å². The van der Waals surface area contributed by atoms with Crippen molar-refractivity contribution in [3.63, 3.8) is 0 Å². The Hall–Kier alpha value is -0.200. The summed E-state index contributed by atoms with van der Waals surface area (Å²) in [6.07, 6.45) is 4.64. The molecule has 1 fully saturated rings. The van der Waals surface area contributed by atoms with Gasteiger partial charge in [-0.15, -0.1) is 0 Å². The molecule has 1 aromatic heterocycles. The maximum Gasteiger partial charge on any atom is 0.312 e. The summed E-state index contributed by atoms with van der Waals surface area (Å²) in [4.78, 5) is 11.9. The predicted octanol–water partition coefficient (Wildman–Crippen LogP) is 6.75. The van der Waals surface area contributed by atoms with Crippen molar-refractivity contribution in [2.24, 2.45) is 16.7 Å². The van der Waals surface area contributed by atoms with Gasteiger partial charge in [0.25, 0.3) is 0 Å². The highest BCUT2D eigenvalue weighted by Crippen LogP contribution is 2.74. The molecule has 8 heteroatoms. The Bertz CT molecular complexity index is 894. The zero-order valence-electron chi connectivity index (χ0n) is 15.3. The van der Waals surface area contributed by atoms with E-state index < -0.39 is 24.9 Å². The van der Waals surface area contributed by atoms with Crippen LogP contribution in [0.25, 0.3) is 0 Å². The van der Waals surface area contributed by atoms with Crippen LogP contribution in [0.3, 0.4) is 0 Å². The van der Waals surface area contributed by atoms with E-state index in [2.05, 4.69) is 31.9 Å². The van der Waals surface area contributed by atoms with Crippen LogP contribution in [-0.2, 0) is 17.8 Å². The molecule has 0 radical (unpaired) electrons. The minimum atomic E-state index is -1.25. The normalized spacial score (nSPS) is 24.8. The Morgan fingerprint density at radius 3 is 2.57 bits per heavy atom. The molecule has 3 rings (SSSR count). The first kappa shape index (κ1) is 22.5. The zero-order valence-corrected chi connectivity index (χ0v) is 20.7. The summed E-state index contributed by atoms with van der Waals surface area (Å²) in [7, 11) is 0. The Labute approximate surface area is 196 Å². The number of benzene rings is 1. The second kappa shape index (κ2) is 7.81. The third-order valence-corrected chi connectivity index (χ3v) is 9.46. The first-order valence-electron chi connectivity index (χ1n) is 8.73. The Kier molecular flexibility index (Phi) is 6.27. The van der Waals surface area contributed by atoms with Gasteiger partial charge in [-0.2, -0.15) is 0 Å². The van der Waals surface area contributed by atoms with Crippen molar-refractivity contribution in [3.05, 3.63) is 58.9 Å². The Morgan fingerprint density at radius 1 is 1.32 bits per heavy atom. The molecular weight excluding hydrogens is 552 g/mol. The molecule has 3 unspecified atom stereocenters. The van der Waals surface area contributed by atoms with Crippen LogP contribution in [0.15, 0.2) is 42.7 Å². The molecule has 1 heterocycles. The molecule has 152 valence electrons. The topological polar surface area (TPSA) is 42.2 Å². The second-order valence-corrected chi connectivity index (χ2v) is 12.9. The van der Waals surface area contributed by atoms with Crippen molar-refractivity contribution >= 4 is 72.6 Å². The average molecular weight is 573 g/mol. The molecule has 1 saturated carbocycles. The van der Waals surface area contributed by atoms with E-state index in [4.69, 9.17) is 34.8 Å². The Morgan fingerprint density at radius 2 is 2.00 bits per heavy atom. The number of rotatable bonds is 7. The smallest absolute Gasteiger partial charge is 0.312 e. The summed E-state index contributed by atoms with van der Waals surface area (Å²) in [5, 5.41) is 10.8. The number of hydrogen-bond acceptors (Lipinski definition) is 1. The van der Waals surface area contributed by atoms with E-state index in [1.807, 2.05) is 61.1 Å². The number of nitrogens with zero attached hydrogens (tertiary/aromatic N) is 1. The van der Waals surface area contributed by atoms with E-state index in [0.29, 0.717) is 11.6 Å². The summed E-state index contributed by atoms with van der Waals surface area (Å²) in [5.41, 5.74) is 0.748. The third-order valence-electron chi connectivity index (χ3n) is 5.90. The van der Waals surface area contributed by atoms with Crippen molar-refractivity contribution in [2.45, 2.75) is 34.9 Å². The number of hydrogen-bond donors (Lipinski definition) is 1. The first-order valence-corrected chi connectivity index (χ1v) is 11.6. The fraction of sp³-hybridized carbons (Fsp3) is 0.450. The summed E-state index contributed by atoms with van der Waals surface area (Å²) in [6, 6.07) is 9.73. The first-order chi connectivity index (χ1) is 12.9. The van der Waals surface area contributed by atoms with Gasteiger partial charge in [0.15, 0.2) is 3.24 Å². The van der Waals surface area contributed by atoms with Gasteiger partial charge < -0.3 is 9.67 Å². The largest absolute Gasteiger partial charge is 0.481 e. The summed E-state index contributed by atoms with van der Waals surface area (Å²) < 4.78 is 0.689. The lowest BCUT2D eigenvalue weighted by Crippen LogP contribution is -2.30. The minimum Gasteiger partial charge on any atom is -0.481 e. The molecule has 1 aliphatic rings. The summed E-state index contributed by atoms with van der Waals surface area (Å²) in [5.74, 6) is -1.09. The van der Waals surface area contributed by atoms with Crippen LogP contribution in [0.4, 0.5) is 0 Å². The number of carboxylic acids is 1. The van der Waals surface area contributed by atoms with Crippen LogP contribution in [0, 0.1) is 16.7 Å². The molecule has 1 N–H and O–H groups in total. The van der Waals surface area contributed by atoms with Crippen LogP contribution in [0.5, 0.6) is 0 Å². The number of carbonyl (C=O) groups is 1. The zero-order chi connectivity index (χ0) is 20.9. The molecule has 3 atom stereocenters. The average Bonchev–Trinajstić information content (AvgIpc) is 2.85. The quantitative estimate of drug-likeness (QED) is 0.373. The fourth-order valence-corrected chi connectivity index (χ4v) is 6.18. The van der Waals surface area contributed by atoms with Crippen LogP contribution in [-0.4, -0.2) is 23.7 Å². The van der Waals surface area contributed by atoms with Crippen molar-refractivity contribution in [1.82, 2.24) is 4.57 Å². The van der Waals surface area contributed by atoms with Crippen LogP contribution >= 0.6 is 66.7 Å². The standard InChI is InChI=1S/C20H20Br2Cl3NO2/c1-18(2)15(16(21)20(22,24)25)19(18,17(27)28)11-26-7-6-13(10-26)8-12-4-3-5-14(23)9-12/h3-7,9-10,15-16H,8,11H2,1-2H3,(H,27,28). The third kappa shape index (κ3) is 4.02. The highest BCUT2D eigenvalue weighted by atomic mass is 79.9. The number of alkyl halides is 4. The number of aromatic nitrogens is 1. The molecule has 0 saturated heterocycles. The van der Waals surface area contributed by atoms with Gasteiger partial charge in [0.05, 0.1) is 10.2 Å². The van der Waals surface area contributed by atoms with Crippen molar-refractivity contribution in [1.29, 1.82) is 0 Å². The Balaban J connectivity index is 1.83. The molecular formula is C20H20Br2Cl3NO2. The molecule has 3 nitrogen and oxygen atoms in total. The lowest BCUT2D eigenvalue weighted by molar-refractivity contribution is -0.145. The molecule has 0 aliphatic heterocycles. The molecule has 1 aromatic carbocycles. The fourth-order valence-electron chi connectivity index (χ4n) is 4.34. The lowest BCUT2D eigenvalue weighted by atomic mass is 9.95. The van der Waals surface area contributed by atoms with Crippen molar-refractivity contribution < 1.29 is 9.90 Å². The predicted molar refractivity (Wildman–Crippen MR) is 122 cm³/mol. The van der Waals surface area contributed by atoms with Gasteiger partial charge in [-0.25, -0.2) is 0 Å². The second-order valence-electron chi connectivity index (χ2n) is 7.92. The van der Waals surface area contributed by atoms with Crippen LogP contribution < -0.4 is 0 Å². The number of aliphatic carboxylic acids is 1. The highest BCUT2D eigenvalue weighted by molar-refractivity contribution is 9.13. The monoisotopic (exact) mass is 569 g/mol. The van der Waals surface area contributed by atoms with E-state index in [9.17, 15) is 9.90 Å². The molecule has 0 spiro atoms. The number of halogens is 5. The molecule has 2 aromatic rings. The van der Waals surface area contributed by atoms with Gasteiger partial charge in [0.2, 0.25) is 0 Å². The van der Waals surface area contributed by atoms with Crippen molar-refractivity contribution in [2.75, 3.05) is 0 Å². The molecule has 1 aliphatic carbocycles. The van der Waals surface area contributed by atoms with E-state index >= 15 is 0 Å². The van der Waals surface area contributed by atoms with Crippen LogP contribution in [0.1, 0.15) is 25.0 Å². The van der Waals surface area contributed by atoms with E-state index in [1.54, 1.807) is 0 Å². The maximum absolute atomic E-state index is 12.3. The summed E-state index contributed by atoms with van der Waals surface area (Å²) in [6.45, 7) is 4.24. The van der Waals surface area contributed by atoms with Gasteiger partial charge in [-0.05, 0) is 63.0 Å². The van der Waals surface area contributed by atoms with E-state index in [0.717, 1.165) is 17.5 Å². The van der Waals surface area contributed by atoms with E-state index in [1.165, 1.54) is 0 Å². The maximum atomic E-state index is 12.3. The SMILES string of the molecule is CC1(C)C(C(Br)C(Cl)(Cl)Br)C1(Cn1ccc(Cc2cccc(Cl)c2)c1)C(=O)O. The highest BCUT2D eigenvalue weighted by Gasteiger charge is 2.79. The number of carboxylic acid groups (broad SMARTS) is 1. The minimum absolute atomic E-state index is 0.245. The van der Waals surface area contributed by atoms with Gasteiger partial charge >= 0.3 is 5.97 Å². The van der Waals surface area contributed by atoms with Gasteiger partial charge in [0.1, 0.15) is 0 Å². The summed E-state index contributed by atoms with van der Waals surface area (Å²) >= 11 is 25.2. The van der Waals surface area contributed by atoms with Gasteiger partial charge in [0, 0.05) is 24.0 Å². The van der Waals surface area contributed by atoms with Crippen LogP contribution in [0.2, 0.25) is 5.02 Å². The van der Waals surface area contributed by atoms with Gasteiger partial charge in [-0.1, -0.05) is 76.7 Å². The molecule has 0 bridgehead atoms. The van der Waals surface area contributed by atoms with Gasteiger partial charge in [-0.3, -0.25) is 4.79 Å². The lowest BCUT2D eigenvalue weighted by Gasteiger charge is -2.22. The molecule has 0 amide bonds.